The maximum Gasteiger partial charge on any atom is 0.0621 e. The Hall–Kier alpha value is -0.820. The SMILES string of the molecule is CCCCCC1=CC=CC1=CCO. The van der Waals surface area contributed by atoms with E-state index in [0.717, 1.165) is 6.42 Å². The molecule has 1 rings (SSSR count). The van der Waals surface area contributed by atoms with Crippen LogP contribution in [0.25, 0.3) is 0 Å². The molecule has 0 amide bonds. The van der Waals surface area contributed by atoms with Crippen molar-refractivity contribution in [2.24, 2.45) is 0 Å². The first-order chi connectivity index (χ1) is 6.38. The van der Waals surface area contributed by atoms with Crippen LogP contribution in [0.3, 0.4) is 0 Å². The van der Waals surface area contributed by atoms with Crippen molar-refractivity contribution in [1.82, 2.24) is 0 Å². The van der Waals surface area contributed by atoms with Crippen molar-refractivity contribution in [3.05, 3.63) is 35.5 Å². The van der Waals surface area contributed by atoms with Gasteiger partial charge in [0.25, 0.3) is 0 Å². The van der Waals surface area contributed by atoms with Crippen LogP contribution in [0.15, 0.2) is 35.5 Å². The molecule has 0 spiro atoms. The number of hydrogen-bond acceptors (Lipinski definition) is 1. The van der Waals surface area contributed by atoms with Crippen molar-refractivity contribution < 1.29 is 5.11 Å². The van der Waals surface area contributed by atoms with Crippen molar-refractivity contribution in [1.29, 1.82) is 0 Å². The van der Waals surface area contributed by atoms with Crippen LogP contribution in [0, 0.1) is 0 Å². The van der Waals surface area contributed by atoms with Gasteiger partial charge in [-0.15, -0.1) is 0 Å². The summed E-state index contributed by atoms with van der Waals surface area (Å²) in [5.41, 5.74) is 2.58. The summed E-state index contributed by atoms with van der Waals surface area (Å²) < 4.78 is 0. The Kier molecular flexibility index (Phi) is 4.55. The summed E-state index contributed by atoms with van der Waals surface area (Å²) >= 11 is 0. The zero-order valence-electron chi connectivity index (χ0n) is 8.29. The lowest BCUT2D eigenvalue weighted by atomic mass is 10.0. The molecule has 0 fully saturated rings. The zero-order chi connectivity index (χ0) is 9.52. The molecule has 0 bridgehead atoms. The summed E-state index contributed by atoms with van der Waals surface area (Å²) in [6.07, 6.45) is 13.1. The molecule has 1 aliphatic rings. The fourth-order valence-corrected chi connectivity index (χ4v) is 1.56. The predicted molar refractivity (Wildman–Crippen MR) is 56.5 cm³/mol. The summed E-state index contributed by atoms with van der Waals surface area (Å²) in [5.74, 6) is 0. The maximum absolute atomic E-state index is 8.78. The first-order valence-corrected chi connectivity index (χ1v) is 5.07. The van der Waals surface area contributed by atoms with Gasteiger partial charge in [0.05, 0.1) is 6.61 Å². The Morgan fingerprint density at radius 1 is 1.38 bits per heavy atom. The van der Waals surface area contributed by atoms with Gasteiger partial charge in [0.1, 0.15) is 0 Å². The van der Waals surface area contributed by atoms with E-state index >= 15 is 0 Å². The molecule has 72 valence electrons. The summed E-state index contributed by atoms with van der Waals surface area (Å²) in [7, 11) is 0. The van der Waals surface area contributed by atoms with Crippen LogP contribution in [-0.4, -0.2) is 11.7 Å². The van der Waals surface area contributed by atoms with E-state index in [1.165, 1.54) is 30.4 Å². The second kappa shape index (κ2) is 5.76. The first-order valence-electron chi connectivity index (χ1n) is 5.07. The number of aliphatic hydroxyl groups excluding tert-OH is 1. The third kappa shape index (κ3) is 3.19. The second-order valence-electron chi connectivity index (χ2n) is 3.35. The molecule has 1 N–H and O–H groups in total. The molecule has 0 aliphatic heterocycles. The molecule has 0 aromatic heterocycles. The standard InChI is InChI=1S/C12H18O/c1-2-3-4-6-11-7-5-8-12(11)9-10-13/h5,7-9,13H,2-4,6,10H2,1H3. The molecule has 0 saturated heterocycles. The van der Waals surface area contributed by atoms with Gasteiger partial charge in [-0.1, -0.05) is 44.1 Å². The Morgan fingerprint density at radius 2 is 2.23 bits per heavy atom. The Morgan fingerprint density at radius 3 is 2.92 bits per heavy atom. The summed E-state index contributed by atoms with van der Waals surface area (Å²) in [5, 5.41) is 8.78. The minimum Gasteiger partial charge on any atom is -0.392 e. The molecule has 1 nitrogen and oxygen atoms in total. The van der Waals surface area contributed by atoms with Crippen molar-refractivity contribution in [3.63, 3.8) is 0 Å². The van der Waals surface area contributed by atoms with Crippen molar-refractivity contribution in [2.75, 3.05) is 6.61 Å². The summed E-state index contributed by atoms with van der Waals surface area (Å²) in [6, 6.07) is 0. The van der Waals surface area contributed by atoms with E-state index in [1.807, 2.05) is 6.08 Å². The molecular formula is C12H18O. The fraction of sp³-hybridized carbons (Fsp3) is 0.500. The molecule has 13 heavy (non-hydrogen) atoms. The molecular weight excluding hydrogens is 160 g/mol. The van der Waals surface area contributed by atoms with E-state index in [9.17, 15) is 0 Å². The molecule has 1 aliphatic carbocycles. The van der Waals surface area contributed by atoms with E-state index < -0.39 is 0 Å². The van der Waals surface area contributed by atoms with E-state index in [0.29, 0.717) is 0 Å². The number of hydrogen-bond donors (Lipinski definition) is 1. The average molecular weight is 178 g/mol. The molecule has 0 atom stereocenters. The van der Waals surface area contributed by atoms with Crippen molar-refractivity contribution in [3.8, 4) is 0 Å². The number of aliphatic hydroxyl groups is 1. The monoisotopic (exact) mass is 178 g/mol. The molecule has 0 saturated carbocycles. The van der Waals surface area contributed by atoms with Crippen LogP contribution in [0.1, 0.15) is 32.6 Å². The molecule has 0 radical (unpaired) electrons. The quantitative estimate of drug-likeness (QED) is 0.642. The Bertz CT molecular complexity index is 234. The van der Waals surface area contributed by atoms with E-state index in [-0.39, 0.29) is 6.61 Å². The lowest BCUT2D eigenvalue weighted by molar-refractivity contribution is 0.342. The second-order valence-corrected chi connectivity index (χ2v) is 3.35. The van der Waals surface area contributed by atoms with Crippen LogP contribution in [0.5, 0.6) is 0 Å². The van der Waals surface area contributed by atoms with E-state index in [1.54, 1.807) is 0 Å². The lowest BCUT2D eigenvalue weighted by Crippen LogP contribution is -1.86. The van der Waals surface area contributed by atoms with Gasteiger partial charge in [-0.2, -0.15) is 0 Å². The highest BCUT2D eigenvalue weighted by atomic mass is 16.2. The third-order valence-electron chi connectivity index (χ3n) is 2.30. The highest BCUT2D eigenvalue weighted by molar-refractivity contribution is 5.48. The molecule has 0 heterocycles. The average Bonchev–Trinajstić information content (AvgIpc) is 2.54. The minimum atomic E-state index is 0.144. The van der Waals surface area contributed by atoms with Gasteiger partial charge in [-0.05, 0) is 24.0 Å². The van der Waals surface area contributed by atoms with Crippen molar-refractivity contribution >= 4 is 0 Å². The molecule has 0 aromatic carbocycles. The maximum atomic E-state index is 8.78. The smallest absolute Gasteiger partial charge is 0.0621 e. The van der Waals surface area contributed by atoms with Gasteiger partial charge < -0.3 is 5.11 Å². The lowest BCUT2D eigenvalue weighted by Gasteiger charge is -2.03. The molecule has 1 heteroatoms. The Balaban J connectivity index is 2.38. The minimum absolute atomic E-state index is 0.144. The zero-order valence-corrected chi connectivity index (χ0v) is 8.29. The van der Waals surface area contributed by atoms with Crippen molar-refractivity contribution in [2.45, 2.75) is 32.6 Å². The van der Waals surface area contributed by atoms with Gasteiger partial charge >= 0.3 is 0 Å². The Labute approximate surface area is 80.5 Å². The van der Waals surface area contributed by atoms with Crippen LogP contribution >= 0.6 is 0 Å². The highest BCUT2D eigenvalue weighted by Gasteiger charge is 2.04. The molecule has 0 aromatic rings. The molecule has 0 unspecified atom stereocenters. The van der Waals surface area contributed by atoms with Gasteiger partial charge in [0.15, 0.2) is 0 Å². The first kappa shape index (κ1) is 10.3. The van der Waals surface area contributed by atoms with E-state index in [4.69, 9.17) is 5.11 Å². The topological polar surface area (TPSA) is 20.2 Å². The van der Waals surface area contributed by atoms with Crippen LogP contribution in [-0.2, 0) is 0 Å². The predicted octanol–water partition coefficient (Wildman–Crippen LogP) is 2.98. The van der Waals surface area contributed by atoms with Gasteiger partial charge in [-0.25, -0.2) is 0 Å². The van der Waals surface area contributed by atoms with Crippen LogP contribution < -0.4 is 0 Å². The number of unbranched alkanes of at least 4 members (excludes halogenated alkanes) is 2. The third-order valence-corrected chi connectivity index (χ3v) is 2.30. The summed E-state index contributed by atoms with van der Waals surface area (Å²) in [4.78, 5) is 0. The largest absolute Gasteiger partial charge is 0.392 e. The summed E-state index contributed by atoms with van der Waals surface area (Å²) in [6.45, 7) is 2.36. The van der Waals surface area contributed by atoms with Gasteiger partial charge in [-0.3, -0.25) is 0 Å². The van der Waals surface area contributed by atoms with Gasteiger partial charge in [0, 0.05) is 0 Å². The normalized spacial score (nSPS) is 18.3. The fourth-order valence-electron chi connectivity index (χ4n) is 1.56. The number of rotatable bonds is 5. The van der Waals surface area contributed by atoms with Crippen LogP contribution in [0.4, 0.5) is 0 Å². The highest BCUT2D eigenvalue weighted by Crippen LogP contribution is 2.23. The number of allylic oxidation sites excluding steroid dienone is 5. The van der Waals surface area contributed by atoms with Crippen LogP contribution in [0.2, 0.25) is 0 Å². The van der Waals surface area contributed by atoms with E-state index in [2.05, 4.69) is 25.2 Å². The van der Waals surface area contributed by atoms with Gasteiger partial charge in [0.2, 0.25) is 0 Å².